The van der Waals surface area contributed by atoms with Crippen LogP contribution in [0, 0.1) is 6.07 Å². The molecule has 1 aliphatic rings. The Morgan fingerprint density at radius 2 is 2.22 bits per heavy atom. The Kier molecular flexibility index (Phi) is 3.35. The molecule has 18 heavy (non-hydrogen) atoms. The molecule has 1 aromatic heterocycles. The van der Waals surface area contributed by atoms with E-state index in [9.17, 15) is 0 Å². The Bertz CT molecular complexity index is 517. The van der Waals surface area contributed by atoms with Crippen LogP contribution in [-0.4, -0.2) is 48.0 Å². The first-order chi connectivity index (χ1) is 8.83. The second-order valence-electron chi connectivity index (χ2n) is 5.21. The molecule has 1 radical (unpaired) electrons. The average molecular weight is 242 g/mol. The zero-order valence-electron chi connectivity index (χ0n) is 10.9. The minimum atomic E-state index is 1.05. The maximum atomic E-state index is 3.31. The van der Waals surface area contributed by atoms with Gasteiger partial charge in [0.2, 0.25) is 0 Å². The second-order valence-corrected chi connectivity index (χ2v) is 5.21. The van der Waals surface area contributed by atoms with Gasteiger partial charge in [-0.2, -0.15) is 0 Å². The summed E-state index contributed by atoms with van der Waals surface area (Å²) in [5.74, 6) is 0. The van der Waals surface area contributed by atoms with E-state index in [1.54, 1.807) is 0 Å². The van der Waals surface area contributed by atoms with E-state index >= 15 is 0 Å². The van der Waals surface area contributed by atoms with Crippen molar-refractivity contribution in [1.82, 2.24) is 14.8 Å². The van der Waals surface area contributed by atoms with E-state index in [0.717, 1.165) is 12.1 Å². The van der Waals surface area contributed by atoms with Gasteiger partial charge in [-0.1, -0.05) is 18.2 Å². The van der Waals surface area contributed by atoms with Crippen LogP contribution in [0.5, 0.6) is 0 Å². The molecule has 1 N–H and O–H groups in total. The standard InChI is InChI=1S/C15H20N3/c1-17-7-4-8-18(10-9-17)12-13-11-16-15-6-3-2-5-14(13)15/h2-3,5,11,16H,4,7-10,12H2,1H3. The molecule has 0 atom stereocenters. The first kappa shape index (κ1) is 11.8. The van der Waals surface area contributed by atoms with Gasteiger partial charge in [0.15, 0.2) is 0 Å². The predicted molar refractivity (Wildman–Crippen MR) is 74.5 cm³/mol. The highest BCUT2D eigenvalue weighted by molar-refractivity contribution is 5.82. The number of likely N-dealkylation sites (N-methyl/N-ethyl adjacent to an activating group) is 1. The van der Waals surface area contributed by atoms with Crippen molar-refractivity contribution >= 4 is 10.9 Å². The number of para-hydroxylation sites is 1. The zero-order chi connectivity index (χ0) is 12.4. The van der Waals surface area contributed by atoms with Crippen LogP contribution in [0.25, 0.3) is 10.9 Å². The molecule has 2 aromatic rings. The third-order valence-corrected chi connectivity index (χ3v) is 3.80. The van der Waals surface area contributed by atoms with Crippen molar-refractivity contribution in [1.29, 1.82) is 0 Å². The van der Waals surface area contributed by atoms with E-state index in [1.165, 1.54) is 43.5 Å². The SMILES string of the molecule is CN1CCCN(Cc2c[nH]c3[c]cccc23)CC1. The van der Waals surface area contributed by atoms with Gasteiger partial charge in [0.05, 0.1) is 5.52 Å². The van der Waals surface area contributed by atoms with Crippen molar-refractivity contribution in [3.8, 4) is 0 Å². The lowest BCUT2D eigenvalue weighted by Crippen LogP contribution is -2.28. The molecule has 95 valence electrons. The molecule has 0 bridgehead atoms. The number of rotatable bonds is 2. The summed E-state index contributed by atoms with van der Waals surface area (Å²) in [6.07, 6.45) is 3.40. The van der Waals surface area contributed by atoms with Crippen LogP contribution in [0.1, 0.15) is 12.0 Å². The fourth-order valence-corrected chi connectivity index (χ4v) is 2.69. The van der Waals surface area contributed by atoms with E-state index in [4.69, 9.17) is 0 Å². The number of benzene rings is 1. The number of aromatic nitrogens is 1. The van der Waals surface area contributed by atoms with E-state index in [1.807, 2.05) is 6.07 Å². The van der Waals surface area contributed by atoms with Crippen molar-refractivity contribution < 1.29 is 0 Å². The topological polar surface area (TPSA) is 22.3 Å². The van der Waals surface area contributed by atoms with Gasteiger partial charge in [0, 0.05) is 37.3 Å². The number of hydrogen-bond donors (Lipinski definition) is 1. The summed E-state index contributed by atoms with van der Waals surface area (Å²) >= 11 is 0. The minimum Gasteiger partial charge on any atom is -0.360 e. The van der Waals surface area contributed by atoms with Crippen LogP contribution in [-0.2, 0) is 6.54 Å². The lowest BCUT2D eigenvalue weighted by Gasteiger charge is -2.19. The van der Waals surface area contributed by atoms with E-state index in [0.29, 0.717) is 0 Å². The Labute approximate surface area is 108 Å². The fraction of sp³-hybridized carbons (Fsp3) is 0.467. The largest absolute Gasteiger partial charge is 0.360 e. The molecule has 3 heteroatoms. The van der Waals surface area contributed by atoms with Crippen LogP contribution in [0.3, 0.4) is 0 Å². The van der Waals surface area contributed by atoms with Crippen molar-refractivity contribution in [2.45, 2.75) is 13.0 Å². The zero-order valence-corrected chi connectivity index (χ0v) is 10.9. The maximum absolute atomic E-state index is 3.31. The molecule has 1 saturated heterocycles. The van der Waals surface area contributed by atoms with E-state index < -0.39 is 0 Å². The van der Waals surface area contributed by atoms with Crippen molar-refractivity contribution in [2.75, 3.05) is 33.2 Å². The number of H-pyrrole nitrogens is 1. The van der Waals surface area contributed by atoms with Gasteiger partial charge in [-0.15, -0.1) is 0 Å². The molecule has 2 heterocycles. The summed E-state index contributed by atoms with van der Waals surface area (Å²) < 4.78 is 0. The Balaban J connectivity index is 1.75. The molecule has 3 nitrogen and oxygen atoms in total. The van der Waals surface area contributed by atoms with Gasteiger partial charge in [-0.3, -0.25) is 4.90 Å². The summed E-state index contributed by atoms with van der Waals surface area (Å²) in [5.41, 5.74) is 2.52. The highest BCUT2D eigenvalue weighted by Crippen LogP contribution is 2.19. The normalized spacial score (nSPS) is 19.2. The lowest BCUT2D eigenvalue weighted by molar-refractivity contribution is 0.270. The third kappa shape index (κ3) is 2.42. The molecule has 0 aliphatic carbocycles. The molecule has 0 saturated carbocycles. The van der Waals surface area contributed by atoms with Crippen molar-refractivity contribution in [3.05, 3.63) is 36.0 Å². The van der Waals surface area contributed by atoms with E-state index in [-0.39, 0.29) is 0 Å². The molecule has 1 aromatic carbocycles. The van der Waals surface area contributed by atoms with Crippen LogP contribution >= 0.6 is 0 Å². The van der Waals surface area contributed by atoms with Gasteiger partial charge in [-0.05, 0) is 32.1 Å². The Morgan fingerprint density at radius 3 is 3.17 bits per heavy atom. The smallest absolute Gasteiger partial charge is 0.0537 e. The van der Waals surface area contributed by atoms with E-state index in [2.05, 4.69) is 46.2 Å². The maximum Gasteiger partial charge on any atom is 0.0537 e. The highest BCUT2D eigenvalue weighted by atomic mass is 15.2. The van der Waals surface area contributed by atoms with Gasteiger partial charge in [-0.25, -0.2) is 0 Å². The van der Waals surface area contributed by atoms with Crippen LogP contribution in [0.4, 0.5) is 0 Å². The van der Waals surface area contributed by atoms with Crippen LogP contribution in [0.15, 0.2) is 24.4 Å². The van der Waals surface area contributed by atoms with Gasteiger partial charge < -0.3 is 9.88 Å². The van der Waals surface area contributed by atoms with Crippen LogP contribution in [0.2, 0.25) is 0 Å². The molecule has 0 amide bonds. The summed E-state index contributed by atoms with van der Waals surface area (Å²) in [5, 5.41) is 1.31. The highest BCUT2D eigenvalue weighted by Gasteiger charge is 2.13. The third-order valence-electron chi connectivity index (χ3n) is 3.80. The summed E-state index contributed by atoms with van der Waals surface area (Å²) in [7, 11) is 2.21. The first-order valence-corrected chi connectivity index (χ1v) is 6.70. The fourth-order valence-electron chi connectivity index (χ4n) is 2.69. The predicted octanol–water partition coefficient (Wildman–Crippen LogP) is 2.11. The van der Waals surface area contributed by atoms with Crippen LogP contribution < -0.4 is 0 Å². The quantitative estimate of drug-likeness (QED) is 0.871. The number of nitrogens with zero attached hydrogens (tertiary/aromatic N) is 2. The number of nitrogens with one attached hydrogen (secondary N) is 1. The Hall–Kier alpha value is -1.32. The average Bonchev–Trinajstić information content (AvgIpc) is 2.67. The summed E-state index contributed by atoms with van der Waals surface area (Å²) in [4.78, 5) is 8.28. The van der Waals surface area contributed by atoms with Gasteiger partial charge >= 0.3 is 0 Å². The first-order valence-electron chi connectivity index (χ1n) is 6.70. The Morgan fingerprint density at radius 1 is 1.28 bits per heavy atom. The summed E-state index contributed by atoms with van der Waals surface area (Å²) in [6.45, 7) is 5.81. The molecule has 1 aliphatic heterocycles. The lowest BCUT2D eigenvalue weighted by atomic mass is 10.1. The molecule has 1 fully saturated rings. The van der Waals surface area contributed by atoms with Gasteiger partial charge in [0.25, 0.3) is 0 Å². The second kappa shape index (κ2) is 5.12. The number of fused-ring (bicyclic) bond motifs is 1. The van der Waals surface area contributed by atoms with Crippen molar-refractivity contribution in [2.24, 2.45) is 0 Å². The van der Waals surface area contributed by atoms with Crippen molar-refractivity contribution in [3.63, 3.8) is 0 Å². The molecule has 0 unspecified atom stereocenters. The van der Waals surface area contributed by atoms with Gasteiger partial charge in [0.1, 0.15) is 0 Å². The monoisotopic (exact) mass is 242 g/mol. The number of hydrogen-bond acceptors (Lipinski definition) is 2. The molecule has 3 rings (SSSR count). The molecular weight excluding hydrogens is 222 g/mol. The molecule has 0 spiro atoms. The molecular formula is C15H20N3. The summed E-state index contributed by atoms with van der Waals surface area (Å²) in [6, 6.07) is 9.45. The minimum absolute atomic E-state index is 1.05. The number of aromatic amines is 1.